The number of carboxylic acid groups (broad SMARTS) is 1. The van der Waals surface area contributed by atoms with Crippen LogP contribution >= 0.6 is 0 Å². The minimum absolute atomic E-state index is 0.00919. The molecular formula is C33H32F2N2O9S. The highest BCUT2D eigenvalue weighted by atomic mass is 32.2. The monoisotopic (exact) mass is 670 g/mol. The number of carbonyl (C=O) groups is 2. The predicted octanol–water partition coefficient (Wildman–Crippen LogP) is 4.27. The van der Waals surface area contributed by atoms with E-state index in [9.17, 15) is 37.0 Å². The molecule has 0 fully saturated rings. The van der Waals surface area contributed by atoms with E-state index in [4.69, 9.17) is 14.2 Å². The predicted molar refractivity (Wildman–Crippen MR) is 168 cm³/mol. The fourth-order valence-corrected chi connectivity index (χ4v) is 6.46. The number of benzene rings is 4. The highest BCUT2D eigenvalue weighted by Gasteiger charge is 2.33. The number of rotatable bonds is 14. The molecule has 3 N–H and O–H groups in total. The molecule has 0 saturated carbocycles. The molecule has 47 heavy (non-hydrogen) atoms. The summed E-state index contributed by atoms with van der Waals surface area (Å²) in [6, 6.07) is 17.1. The maximum Gasteiger partial charge on any atom is 0.336 e. The molecule has 0 heterocycles. The van der Waals surface area contributed by atoms with Gasteiger partial charge in [0.05, 0.1) is 55.7 Å². The summed E-state index contributed by atoms with van der Waals surface area (Å²) in [6.07, 6.45) is -1.96. The summed E-state index contributed by atoms with van der Waals surface area (Å²) in [5, 5.41) is 23.0. The van der Waals surface area contributed by atoms with Crippen molar-refractivity contribution in [2.75, 3.05) is 38.7 Å². The molecule has 0 bridgehead atoms. The highest BCUT2D eigenvalue weighted by Crippen LogP contribution is 2.39. The van der Waals surface area contributed by atoms with Crippen molar-refractivity contribution in [2.24, 2.45) is 0 Å². The van der Waals surface area contributed by atoms with E-state index in [2.05, 4.69) is 5.32 Å². The lowest BCUT2D eigenvalue weighted by molar-refractivity contribution is 0.0690. The first-order valence-corrected chi connectivity index (χ1v) is 15.5. The zero-order valence-electron chi connectivity index (χ0n) is 25.6. The van der Waals surface area contributed by atoms with Gasteiger partial charge in [-0.2, -0.15) is 0 Å². The topological polar surface area (TPSA) is 152 Å². The van der Waals surface area contributed by atoms with Crippen LogP contribution < -0.4 is 23.8 Å². The maximum atomic E-state index is 14.8. The van der Waals surface area contributed by atoms with Crippen molar-refractivity contribution < 1.29 is 51.2 Å². The number of ether oxygens (including phenoxy) is 3. The summed E-state index contributed by atoms with van der Waals surface area (Å²) in [7, 11) is -0.624. The maximum absolute atomic E-state index is 14.8. The van der Waals surface area contributed by atoms with Crippen LogP contribution in [0.4, 0.5) is 14.5 Å². The summed E-state index contributed by atoms with van der Waals surface area (Å²) >= 11 is 0. The van der Waals surface area contributed by atoms with Crippen LogP contribution in [0.5, 0.6) is 17.2 Å². The molecule has 0 saturated heterocycles. The number of aliphatic hydroxyl groups excluding tert-OH is 1. The Morgan fingerprint density at radius 3 is 2.06 bits per heavy atom. The third-order valence-corrected chi connectivity index (χ3v) is 8.96. The fourth-order valence-electron chi connectivity index (χ4n) is 4.89. The number of carbonyl (C=O) groups excluding carboxylic acids is 1. The van der Waals surface area contributed by atoms with E-state index in [0.29, 0.717) is 0 Å². The van der Waals surface area contributed by atoms with Crippen molar-refractivity contribution in [1.29, 1.82) is 0 Å². The van der Waals surface area contributed by atoms with E-state index in [1.165, 1.54) is 88.1 Å². The number of sulfonamides is 1. The van der Waals surface area contributed by atoms with Crippen LogP contribution in [0.1, 0.15) is 31.8 Å². The van der Waals surface area contributed by atoms with Crippen molar-refractivity contribution in [1.82, 2.24) is 5.32 Å². The minimum Gasteiger partial charge on any atom is -0.495 e. The fraction of sp³-hybridized carbons (Fsp3) is 0.212. The van der Waals surface area contributed by atoms with Gasteiger partial charge in [-0.3, -0.25) is 9.10 Å². The lowest BCUT2D eigenvalue weighted by Gasteiger charge is -2.30. The van der Waals surface area contributed by atoms with Crippen LogP contribution in [0.3, 0.4) is 0 Å². The molecule has 0 aromatic heterocycles. The molecule has 248 valence electrons. The number of nitrogens with zero attached hydrogens (tertiary/aromatic N) is 1. The van der Waals surface area contributed by atoms with Gasteiger partial charge in [-0.15, -0.1) is 0 Å². The molecule has 4 rings (SSSR count). The number of anilines is 1. The number of hydrogen-bond donors (Lipinski definition) is 3. The average Bonchev–Trinajstić information content (AvgIpc) is 3.07. The molecule has 4 aromatic carbocycles. The summed E-state index contributed by atoms with van der Waals surface area (Å²) in [5.41, 5.74) is -0.731. The van der Waals surface area contributed by atoms with Crippen molar-refractivity contribution in [3.63, 3.8) is 0 Å². The van der Waals surface area contributed by atoms with Crippen molar-refractivity contribution in [2.45, 2.75) is 17.4 Å². The van der Waals surface area contributed by atoms with Crippen LogP contribution in [-0.2, 0) is 16.4 Å². The van der Waals surface area contributed by atoms with E-state index in [0.717, 1.165) is 16.4 Å². The zero-order valence-corrected chi connectivity index (χ0v) is 26.4. The van der Waals surface area contributed by atoms with Crippen LogP contribution in [0.15, 0.2) is 83.8 Å². The van der Waals surface area contributed by atoms with Gasteiger partial charge in [-0.1, -0.05) is 30.3 Å². The molecule has 1 atom stereocenters. The number of carboxylic acids is 1. The van der Waals surface area contributed by atoms with Gasteiger partial charge in [0.1, 0.15) is 17.4 Å². The molecule has 0 spiro atoms. The standard InChI is InChI=1S/C33H32F2N2O9S/c1-44-28-15-14-22(17-30(28)46-3)47(42,43)37(19-21(38)18-36-32(39)23-9-4-5-10-24(23)33(40)41)31-20(8-6-13-29(31)45-2)16-25-26(34)11-7-12-27(25)35/h4-15,17,21,38H,16,18-19H2,1-3H3,(H,36,39)(H,40,41). The molecule has 1 unspecified atom stereocenters. The van der Waals surface area contributed by atoms with Crippen molar-refractivity contribution >= 4 is 27.6 Å². The molecule has 0 aliphatic carbocycles. The Hall–Kier alpha value is -5.21. The van der Waals surface area contributed by atoms with E-state index < -0.39 is 52.7 Å². The molecule has 14 heteroatoms. The number of methoxy groups -OCH3 is 3. The van der Waals surface area contributed by atoms with Gasteiger partial charge in [0.15, 0.2) is 11.5 Å². The number of amides is 1. The average molecular weight is 671 g/mol. The first kappa shape index (κ1) is 34.7. The molecule has 11 nitrogen and oxygen atoms in total. The number of para-hydroxylation sites is 1. The van der Waals surface area contributed by atoms with Gasteiger partial charge in [0.2, 0.25) is 0 Å². The molecule has 0 radical (unpaired) electrons. The Balaban J connectivity index is 1.79. The summed E-state index contributed by atoms with van der Waals surface area (Å²) < 4.78 is 75.1. The van der Waals surface area contributed by atoms with Gasteiger partial charge in [0, 0.05) is 24.6 Å². The van der Waals surface area contributed by atoms with E-state index in [-0.39, 0.29) is 56.5 Å². The Bertz CT molecular complexity index is 1870. The third kappa shape index (κ3) is 7.61. The Kier molecular flexibility index (Phi) is 11.0. The van der Waals surface area contributed by atoms with E-state index >= 15 is 0 Å². The molecule has 1 amide bonds. The molecule has 0 aliphatic rings. The van der Waals surface area contributed by atoms with Crippen LogP contribution in [0, 0.1) is 11.6 Å². The number of halogens is 2. The molecule has 4 aromatic rings. The third-order valence-electron chi connectivity index (χ3n) is 7.20. The van der Waals surface area contributed by atoms with Crippen molar-refractivity contribution in [3.8, 4) is 17.2 Å². The molecule has 0 aliphatic heterocycles. The molecular weight excluding hydrogens is 638 g/mol. The van der Waals surface area contributed by atoms with Gasteiger partial charge in [0.25, 0.3) is 15.9 Å². The second kappa shape index (κ2) is 14.9. The first-order chi connectivity index (χ1) is 22.4. The van der Waals surface area contributed by atoms with Gasteiger partial charge in [-0.25, -0.2) is 22.0 Å². The van der Waals surface area contributed by atoms with Crippen LogP contribution in [0.2, 0.25) is 0 Å². The zero-order chi connectivity index (χ0) is 34.3. The minimum atomic E-state index is -4.60. The second-order valence-electron chi connectivity index (χ2n) is 10.1. The normalized spacial score (nSPS) is 11.8. The largest absolute Gasteiger partial charge is 0.495 e. The Morgan fingerprint density at radius 2 is 1.45 bits per heavy atom. The van der Waals surface area contributed by atoms with Crippen molar-refractivity contribution in [3.05, 3.63) is 113 Å². The lowest BCUT2D eigenvalue weighted by Crippen LogP contribution is -2.43. The quantitative estimate of drug-likeness (QED) is 0.179. The summed E-state index contributed by atoms with van der Waals surface area (Å²) in [6.45, 7) is -1.18. The van der Waals surface area contributed by atoms with Gasteiger partial charge < -0.3 is 29.7 Å². The SMILES string of the molecule is COc1ccc(S(=O)(=O)N(CC(O)CNC(=O)c2ccccc2C(=O)O)c2c(Cc3c(F)cccc3F)cccc2OC)cc1OC. The van der Waals surface area contributed by atoms with Gasteiger partial charge in [-0.05, 0) is 48.0 Å². The highest BCUT2D eigenvalue weighted by molar-refractivity contribution is 7.92. The first-order valence-electron chi connectivity index (χ1n) is 14.0. The Morgan fingerprint density at radius 1 is 0.830 bits per heavy atom. The smallest absolute Gasteiger partial charge is 0.336 e. The van der Waals surface area contributed by atoms with Crippen LogP contribution in [0.25, 0.3) is 0 Å². The lowest BCUT2D eigenvalue weighted by atomic mass is 10.0. The van der Waals surface area contributed by atoms with Crippen LogP contribution in [-0.4, -0.2) is 71.0 Å². The summed E-state index contributed by atoms with van der Waals surface area (Å²) in [4.78, 5) is 24.2. The second-order valence-corrected chi connectivity index (χ2v) is 12.0. The number of aromatic carboxylic acids is 1. The van der Waals surface area contributed by atoms with E-state index in [1.807, 2.05) is 0 Å². The van der Waals surface area contributed by atoms with Gasteiger partial charge >= 0.3 is 5.97 Å². The Labute approximate surface area is 270 Å². The number of aliphatic hydroxyl groups is 1. The summed E-state index contributed by atoms with van der Waals surface area (Å²) in [5.74, 6) is -3.50. The number of nitrogens with one attached hydrogen (secondary N) is 1. The van der Waals surface area contributed by atoms with E-state index in [1.54, 1.807) is 0 Å². The number of hydrogen-bond acceptors (Lipinski definition) is 8.